The van der Waals surface area contributed by atoms with Gasteiger partial charge >= 0.3 is 0 Å². The van der Waals surface area contributed by atoms with Gasteiger partial charge < -0.3 is 10.0 Å². The molecule has 4 nitrogen and oxygen atoms in total. The molecule has 1 aliphatic heterocycles. The van der Waals surface area contributed by atoms with Crippen LogP contribution >= 0.6 is 22.9 Å². The molecule has 1 saturated heterocycles. The third kappa shape index (κ3) is 4.69. The van der Waals surface area contributed by atoms with E-state index >= 15 is 0 Å². The number of rotatable bonds is 6. The van der Waals surface area contributed by atoms with Gasteiger partial charge in [0.05, 0.1) is 23.5 Å². The molecule has 1 aliphatic rings. The van der Waals surface area contributed by atoms with Gasteiger partial charge in [0.25, 0.3) is 0 Å². The van der Waals surface area contributed by atoms with Crippen LogP contribution in [0.1, 0.15) is 37.5 Å². The molecular weight excluding hydrogens is 320 g/mol. The molecule has 22 heavy (non-hydrogen) atoms. The number of amides is 1. The summed E-state index contributed by atoms with van der Waals surface area (Å²) in [4.78, 5) is 17.4. The minimum absolute atomic E-state index is 0.0970. The summed E-state index contributed by atoms with van der Waals surface area (Å²) in [5, 5.41) is 10.2. The Morgan fingerprint density at radius 3 is 2.95 bits per heavy atom. The highest BCUT2D eigenvalue weighted by Gasteiger charge is 2.29. The number of hydrogen-bond acceptors (Lipinski definition) is 4. The van der Waals surface area contributed by atoms with Crippen LogP contribution in [0, 0.1) is 0 Å². The number of piperidine rings is 1. The van der Waals surface area contributed by atoms with Crippen molar-refractivity contribution in [2.75, 3.05) is 20.1 Å². The number of aliphatic hydroxyl groups excluding tert-OH is 1. The molecule has 0 bridgehead atoms. The quantitative estimate of drug-likeness (QED) is 0.862. The van der Waals surface area contributed by atoms with Gasteiger partial charge in [-0.1, -0.05) is 24.9 Å². The van der Waals surface area contributed by atoms with Crippen LogP contribution in [0.4, 0.5) is 0 Å². The summed E-state index contributed by atoms with van der Waals surface area (Å²) in [5.41, 5.74) is 0. The zero-order chi connectivity index (χ0) is 16.1. The maximum Gasteiger partial charge on any atom is 0.236 e. The molecule has 1 fully saturated rings. The van der Waals surface area contributed by atoms with Crippen molar-refractivity contribution in [1.29, 1.82) is 0 Å². The molecule has 2 heterocycles. The summed E-state index contributed by atoms with van der Waals surface area (Å²) in [6, 6.07) is 3.94. The number of likely N-dealkylation sites (N-methyl/N-ethyl adjacent to an activating group) is 1. The lowest BCUT2D eigenvalue weighted by atomic mass is 9.96. The van der Waals surface area contributed by atoms with E-state index in [4.69, 9.17) is 11.6 Å². The van der Waals surface area contributed by atoms with Crippen LogP contribution in [-0.4, -0.2) is 53.1 Å². The average molecular weight is 345 g/mol. The first-order chi connectivity index (χ1) is 10.5. The molecule has 0 saturated carbocycles. The summed E-state index contributed by atoms with van der Waals surface area (Å²) < 4.78 is 0.748. The second-order valence-electron chi connectivity index (χ2n) is 5.96. The van der Waals surface area contributed by atoms with Crippen LogP contribution in [-0.2, 0) is 11.3 Å². The number of carbonyl (C=O) groups is 1. The molecule has 0 aliphatic carbocycles. The molecular formula is C16H25ClN2O2S. The lowest BCUT2D eigenvalue weighted by molar-refractivity contribution is -0.133. The minimum Gasteiger partial charge on any atom is -0.392 e. The summed E-state index contributed by atoms with van der Waals surface area (Å²) >= 11 is 7.43. The van der Waals surface area contributed by atoms with Gasteiger partial charge in [-0.2, -0.15) is 0 Å². The van der Waals surface area contributed by atoms with E-state index in [1.54, 1.807) is 4.90 Å². The maximum atomic E-state index is 12.5. The third-order valence-corrected chi connectivity index (χ3v) is 5.53. The van der Waals surface area contributed by atoms with Crippen molar-refractivity contribution in [1.82, 2.24) is 9.80 Å². The lowest BCUT2D eigenvalue weighted by Gasteiger charge is -2.38. The van der Waals surface area contributed by atoms with E-state index in [0.717, 1.165) is 41.4 Å². The summed E-state index contributed by atoms with van der Waals surface area (Å²) in [5.74, 6) is 0.0970. The second-order valence-corrected chi connectivity index (χ2v) is 7.76. The van der Waals surface area contributed by atoms with E-state index in [2.05, 4.69) is 4.90 Å². The van der Waals surface area contributed by atoms with Gasteiger partial charge in [0.1, 0.15) is 0 Å². The molecule has 0 radical (unpaired) electrons. The molecule has 2 unspecified atom stereocenters. The Hall–Kier alpha value is -0.620. The Bertz CT molecular complexity index is 494. The molecule has 0 aromatic carbocycles. The highest BCUT2D eigenvalue weighted by atomic mass is 35.5. The van der Waals surface area contributed by atoms with E-state index in [9.17, 15) is 9.90 Å². The molecule has 6 heteroatoms. The van der Waals surface area contributed by atoms with Crippen molar-refractivity contribution in [2.45, 2.75) is 51.3 Å². The fraction of sp³-hybridized carbons (Fsp3) is 0.688. The van der Waals surface area contributed by atoms with Crippen molar-refractivity contribution < 1.29 is 9.90 Å². The van der Waals surface area contributed by atoms with Crippen LogP contribution in [0.3, 0.4) is 0 Å². The SMILES string of the molecule is CCC(O)C1CCCCN1CC(=O)N(C)Cc1ccc(Cl)s1. The van der Waals surface area contributed by atoms with Gasteiger partial charge in [0.15, 0.2) is 0 Å². The number of halogens is 1. The first-order valence-electron chi connectivity index (χ1n) is 7.91. The third-order valence-electron chi connectivity index (χ3n) is 4.31. The van der Waals surface area contributed by atoms with Gasteiger partial charge in [-0.3, -0.25) is 9.69 Å². The molecule has 1 N–H and O–H groups in total. The summed E-state index contributed by atoms with van der Waals surface area (Å²) in [6.07, 6.45) is 3.61. The number of likely N-dealkylation sites (tertiary alicyclic amines) is 1. The Kier molecular flexibility index (Phi) is 6.68. The fourth-order valence-electron chi connectivity index (χ4n) is 2.97. The van der Waals surface area contributed by atoms with Crippen molar-refractivity contribution in [2.24, 2.45) is 0 Å². The van der Waals surface area contributed by atoms with Crippen LogP contribution < -0.4 is 0 Å². The maximum absolute atomic E-state index is 12.5. The Balaban J connectivity index is 1.91. The number of hydrogen-bond donors (Lipinski definition) is 1. The molecule has 0 spiro atoms. The summed E-state index contributed by atoms with van der Waals surface area (Å²) in [7, 11) is 1.82. The molecule has 1 amide bonds. The van der Waals surface area contributed by atoms with Crippen molar-refractivity contribution >= 4 is 28.8 Å². The van der Waals surface area contributed by atoms with E-state index in [-0.39, 0.29) is 18.1 Å². The van der Waals surface area contributed by atoms with Gasteiger partial charge in [-0.15, -0.1) is 11.3 Å². The normalized spacial score (nSPS) is 20.8. The zero-order valence-corrected chi connectivity index (χ0v) is 14.9. The van der Waals surface area contributed by atoms with Crippen LogP contribution in [0.2, 0.25) is 4.34 Å². The molecule has 1 aromatic heterocycles. The summed E-state index contributed by atoms with van der Waals surface area (Å²) in [6.45, 7) is 3.86. The zero-order valence-electron chi connectivity index (χ0n) is 13.3. The monoisotopic (exact) mass is 344 g/mol. The van der Waals surface area contributed by atoms with Crippen LogP contribution in [0.5, 0.6) is 0 Å². The number of thiophene rings is 1. The topological polar surface area (TPSA) is 43.8 Å². The molecule has 124 valence electrons. The van der Waals surface area contributed by atoms with E-state index < -0.39 is 0 Å². The van der Waals surface area contributed by atoms with Gasteiger partial charge in [-0.05, 0) is 37.9 Å². The van der Waals surface area contributed by atoms with Gasteiger partial charge in [0.2, 0.25) is 5.91 Å². The van der Waals surface area contributed by atoms with Crippen molar-refractivity contribution in [3.8, 4) is 0 Å². The average Bonchev–Trinajstić information content (AvgIpc) is 2.92. The first-order valence-corrected chi connectivity index (χ1v) is 9.11. The van der Waals surface area contributed by atoms with Gasteiger partial charge in [-0.25, -0.2) is 0 Å². The molecule has 2 atom stereocenters. The number of aliphatic hydroxyl groups is 1. The van der Waals surface area contributed by atoms with E-state index in [1.165, 1.54) is 11.3 Å². The van der Waals surface area contributed by atoms with Gasteiger partial charge in [0, 0.05) is 18.0 Å². The van der Waals surface area contributed by atoms with Crippen molar-refractivity contribution in [3.05, 3.63) is 21.3 Å². The van der Waals surface area contributed by atoms with Crippen molar-refractivity contribution in [3.63, 3.8) is 0 Å². The Morgan fingerprint density at radius 1 is 1.55 bits per heavy atom. The highest BCUT2D eigenvalue weighted by molar-refractivity contribution is 7.16. The number of carbonyl (C=O) groups excluding carboxylic acids is 1. The first kappa shape index (κ1) is 17.7. The highest BCUT2D eigenvalue weighted by Crippen LogP contribution is 2.23. The van der Waals surface area contributed by atoms with E-state index in [1.807, 2.05) is 26.1 Å². The van der Waals surface area contributed by atoms with Crippen LogP contribution in [0.25, 0.3) is 0 Å². The predicted octanol–water partition coefficient (Wildman–Crippen LogP) is 2.99. The smallest absolute Gasteiger partial charge is 0.236 e. The number of nitrogens with zero attached hydrogens (tertiary/aromatic N) is 2. The Labute approximate surface area is 141 Å². The molecule has 2 rings (SSSR count). The predicted molar refractivity (Wildman–Crippen MR) is 91.3 cm³/mol. The second kappa shape index (κ2) is 8.29. The molecule has 1 aromatic rings. The largest absolute Gasteiger partial charge is 0.392 e. The van der Waals surface area contributed by atoms with E-state index in [0.29, 0.717) is 13.1 Å². The van der Waals surface area contributed by atoms with Crippen LogP contribution in [0.15, 0.2) is 12.1 Å². The fourth-order valence-corrected chi connectivity index (χ4v) is 4.12. The Morgan fingerprint density at radius 2 is 2.32 bits per heavy atom. The minimum atomic E-state index is -0.338. The lowest BCUT2D eigenvalue weighted by Crippen LogP contribution is -2.50. The standard InChI is InChI=1S/C16H25ClN2O2S/c1-3-14(20)13-6-4-5-9-19(13)11-16(21)18(2)10-12-7-8-15(17)22-12/h7-8,13-14,20H,3-6,9-11H2,1-2H3.